The summed E-state index contributed by atoms with van der Waals surface area (Å²) in [6.07, 6.45) is 1.81. The maximum atomic E-state index is 12.0. The first-order chi connectivity index (χ1) is 11.8. The molecule has 3 N–H and O–H groups in total. The molecule has 0 aliphatic carbocycles. The van der Waals surface area contributed by atoms with Gasteiger partial charge >= 0.3 is 0 Å². The molecule has 6 nitrogen and oxygen atoms in total. The standard InChI is InChI=1S/C17H20N2O4S2/c1-2-3-9-19-14-10-12(17(20)24)11-15(25(18,21)22)16(14)23-13-7-5-4-6-8-13/h4-8,10-11,19H,2-3,9H2,1H3,(H,20,24)(H2,18,21,22)/p-1. The topological polar surface area (TPSA) is 98.5 Å². The van der Waals surface area contributed by atoms with Crippen LogP contribution in [0.1, 0.15) is 30.1 Å². The fraction of sp³-hybridized carbons (Fsp3) is 0.235. The largest absolute Gasteiger partial charge is 0.737 e. The smallest absolute Gasteiger partial charge is 0.241 e. The van der Waals surface area contributed by atoms with Gasteiger partial charge < -0.3 is 27.5 Å². The lowest BCUT2D eigenvalue weighted by Crippen LogP contribution is -2.16. The van der Waals surface area contributed by atoms with Gasteiger partial charge in [-0.3, -0.25) is 0 Å². The van der Waals surface area contributed by atoms with Crippen LogP contribution in [0.15, 0.2) is 47.4 Å². The first kappa shape index (κ1) is 19.2. The van der Waals surface area contributed by atoms with Gasteiger partial charge in [0.05, 0.1) is 5.69 Å². The molecule has 0 radical (unpaired) electrons. The Morgan fingerprint density at radius 1 is 1.24 bits per heavy atom. The van der Waals surface area contributed by atoms with Crippen LogP contribution in [0.2, 0.25) is 0 Å². The number of sulfonamides is 1. The van der Waals surface area contributed by atoms with Crippen LogP contribution in [-0.2, 0) is 22.7 Å². The van der Waals surface area contributed by atoms with E-state index in [0.29, 0.717) is 18.0 Å². The van der Waals surface area contributed by atoms with E-state index < -0.39 is 15.1 Å². The molecule has 134 valence electrons. The van der Waals surface area contributed by atoms with E-state index in [1.54, 1.807) is 24.3 Å². The average molecular weight is 379 g/mol. The monoisotopic (exact) mass is 379 g/mol. The van der Waals surface area contributed by atoms with E-state index in [1.165, 1.54) is 6.07 Å². The van der Waals surface area contributed by atoms with Gasteiger partial charge in [-0.1, -0.05) is 31.5 Å². The summed E-state index contributed by atoms with van der Waals surface area (Å²) < 4.78 is 29.8. The van der Waals surface area contributed by atoms with E-state index in [9.17, 15) is 13.2 Å². The molecular formula is C17H19N2O4S2-. The van der Waals surface area contributed by atoms with E-state index in [1.807, 2.05) is 13.0 Å². The molecule has 8 heteroatoms. The van der Waals surface area contributed by atoms with Crippen molar-refractivity contribution >= 4 is 33.5 Å². The third-order valence-corrected chi connectivity index (χ3v) is 4.56. The van der Waals surface area contributed by atoms with Gasteiger partial charge in [-0.2, -0.15) is 0 Å². The molecule has 0 heterocycles. The summed E-state index contributed by atoms with van der Waals surface area (Å²) in [7, 11) is -4.13. The second kappa shape index (κ2) is 8.28. The van der Waals surface area contributed by atoms with Gasteiger partial charge in [-0.25, -0.2) is 13.6 Å². The number of hydrogen-bond donors (Lipinski definition) is 2. The van der Waals surface area contributed by atoms with Crippen molar-refractivity contribution in [2.24, 2.45) is 5.14 Å². The van der Waals surface area contributed by atoms with Crippen molar-refractivity contribution < 1.29 is 17.9 Å². The highest BCUT2D eigenvalue weighted by molar-refractivity contribution is 7.89. The SMILES string of the molecule is CCCCNc1cc(C(=O)[S-])cc(S(N)(=O)=O)c1Oc1ccccc1. The van der Waals surface area contributed by atoms with Gasteiger partial charge in [0.25, 0.3) is 0 Å². The minimum Gasteiger partial charge on any atom is -0.737 e. The highest BCUT2D eigenvalue weighted by Crippen LogP contribution is 2.37. The van der Waals surface area contributed by atoms with Crippen LogP contribution in [0, 0.1) is 0 Å². The molecule has 0 bridgehead atoms. The van der Waals surface area contributed by atoms with Gasteiger partial charge in [0.15, 0.2) is 5.75 Å². The maximum Gasteiger partial charge on any atom is 0.241 e. The zero-order chi connectivity index (χ0) is 18.4. The fourth-order valence-electron chi connectivity index (χ4n) is 2.17. The number of para-hydroxylation sites is 1. The lowest BCUT2D eigenvalue weighted by Gasteiger charge is -2.18. The molecule has 0 saturated carbocycles. The summed E-state index contributed by atoms with van der Waals surface area (Å²) in [5.74, 6) is 0.494. The Kier molecular flexibility index (Phi) is 6.35. The van der Waals surface area contributed by atoms with Crippen molar-refractivity contribution in [2.75, 3.05) is 11.9 Å². The van der Waals surface area contributed by atoms with Gasteiger partial charge in [0.1, 0.15) is 10.6 Å². The summed E-state index contributed by atoms with van der Waals surface area (Å²) in [6, 6.07) is 11.3. The van der Waals surface area contributed by atoms with Crippen LogP contribution in [0.25, 0.3) is 0 Å². The van der Waals surface area contributed by atoms with E-state index in [-0.39, 0.29) is 16.2 Å². The molecule has 2 aromatic rings. The third kappa shape index (κ3) is 5.15. The van der Waals surface area contributed by atoms with Crippen molar-refractivity contribution in [1.29, 1.82) is 0 Å². The molecule has 25 heavy (non-hydrogen) atoms. The van der Waals surface area contributed by atoms with Crippen molar-refractivity contribution in [3.8, 4) is 11.5 Å². The Hall–Kier alpha value is -2.16. The lowest BCUT2D eigenvalue weighted by molar-refractivity contribution is 0.109. The third-order valence-electron chi connectivity index (χ3n) is 3.41. The minimum absolute atomic E-state index is 0.0461. The van der Waals surface area contributed by atoms with Crippen LogP contribution in [0.5, 0.6) is 11.5 Å². The molecule has 0 aliphatic rings. The van der Waals surface area contributed by atoms with Crippen LogP contribution < -0.4 is 15.2 Å². The number of primary sulfonamides is 1. The number of carbonyl (C=O) groups excluding carboxylic acids is 1. The number of nitrogens with one attached hydrogen (secondary N) is 1. The molecule has 0 fully saturated rings. The van der Waals surface area contributed by atoms with Crippen molar-refractivity contribution in [2.45, 2.75) is 24.7 Å². The van der Waals surface area contributed by atoms with Gasteiger partial charge in [0, 0.05) is 11.7 Å². The summed E-state index contributed by atoms with van der Waals surface area (Å²) in [6.45, 7) is 2.61. The normalized spacial score (nSPS) is 11.1. The molecule has 2 rings (SSSR count). The van der Waals surface area contributed by atoms with E-state index in [0.717, 1.165) is 18.9 Å². The molecular weight excluding hydrogens is 360 g/mol. The molecule has 2 aromatic carbocycles. The van der Waals surface area contributed by atoms with Crippen LogP contribution in [0.4, 0.5) is 5.69 Å². The molecule has 0 amide bonds. The first-order valence-electron chi connectivity index (χ1n) is 7.72. The number of hydrogen-bond acceptors (Lipinski definition) is 6. The molecule has 0 unspecified atom stereocenters. The van der Waals surface area contributed by atoms with E-state index in [2.05, 4.69) is 17.9 Å². The Labute approximate surface area is 152 Å². The zero-order valence-corrected chi connectivity index (χ0v) is 15.3. The number of anilines is 1. The highest BCUT2D eigenvalue weighted by Gasteiger charge is 2.21. The van der Waals surface area contributed by atoms with Gasteiger partial charge in [0.2, 0.25) is 10.0 Å². The number of rotatable bonds is 8. The Balaban J connectivity index is 2.59. The Bertz CT molecular complexity index is 852. The second-order valence-corrected chi connectivity index (χ2v) is 7.28. The highest BCUT2D eigenvalue weighted by atomic mass is 32.2. The summed E-state index contributed by atoms with van der Waals surface area (Å²) in [4.78, 5) is 11.3. The summed E-state index contributed by atoms with van der Waals surface area (Å²) >= 11 is 4.65. The van der Waals surface area contributed by atoms with Crippen LogP contribution in [0.3, 0.4) is 0 Å². The lowest BCUT2D eigenvalue weighted by atomic mass is 10.2. The molecule has 0 saturated heterocycles. The number of nitrogens with two attached hydrogens (primary N) is 1. The number of ether oxygens (including phenoxy) is 1. The number of unbranched alkanes of at least 4 members (excludes halogenated alkanes) is 1. The van der Waals surface area contributed by atoms with Crippen molar-refractivity contribution in [1.82, 2.24) is 0 Å². The quantitative estimate of drug-likeness (QED) is 0.540. The predicted octanol–water partition coefficient (Wildman–Crippen LogP) is 3.03. The second-order valence-electron chi connectivity index (χ2n) is 5.38. The van der Waals surface area contributed by atoms with Crippen molar-refractivity contribution in [3.63, 3.8) is 0 Å². The van der Waals surface area contributed by atoms with E-state index >= 15 is 0 Å². The Morgan fingerprint density at radius 2 is 1.92 bits per heavy atom. The Morgan fingerprint density at radius 3 is 2.48 bits per heavy atom. The molecule has 0 atom stereocenters. The number of benzene rings is 2. The maximum absolute atomic E-state index is 12.0. The molecule has 0 aromatic heterocycles. The average Bonchev–Trinajstić information content (AvgIpc) is 2.56. The molecule has 0 spiro atoms. The van der Waals surface area contributed by atoms with Crippen molar-refractivity contribution in [3.05, 3.63) is 48.0 Å². The fourth-order valence-corrected chi connectivity index (χ4v) is 2.99. The van der Waals surface area contributed by atoms with Gasteiger partial charge in [-0.05, 0) is 36.2 Å². The van der Waals surface area contributed by atoms with Crippen LogP contribution >= 0.6 is 0 Å². The molecule has 0 aliphatic heterocycles. The van der Waals surface area contributed by atoms with Gasteiger partial charge in [-0.15, -0.1) is 0 Å². The summed E-state index contributed by atoms with van der Waals surface area (Å²) in [5.41, 5.74) is 0.426. The first-order valence-corrected chi connectivity index (χ1v) is 9.67. The minimum atomic E-state index is -4.13. The summed E-state index contributed by atoms with van der Waals surface area (Å²) in [5, 5.41) is 7.75. The van der Waals surface area contributed by atoms with E-state index in [4.69, 9.17) is 9.88 Å². The predicted molar refractivity (Wildman–Crippen MR) is 99.4 cm³/mol. The zero-order valence-electron chi connectivity index (χ0n) is 13.7. The number of carbonyl (C=O) groups is 1. The van der Waals surface area contributed by atoms with Crippen LogP contribution in [-0.4, -0.2) is 20.1 Å².